The number of carbonyl (C=O) groups excluding carboxylic acids is 9. The first-order valence-corrected chi connectivity index (χ1v) is 28.1. The molecule has 0 bridgehead atoms. The number of nitrogens with one attached hydrogen (secondary N) is 8. The zero-order valence-electron chi connectivity index (χ0n) is 45.7. The van der Waals surface area contributed by atoms with Crippen LogP contribution in [-0.2, 0) is 59.0 Å². The summed E-state index contributed by atoms with van der Waals surface area (Å²) in [5.74, 6) is -4.39. The number of nitrogens with two attached hydrogens (primary N) is 1. The second-order valence-electron chi connectivity index (χ2n) is 21.9. The molecule has 9 amide bonds. The van der Waals surface area contributed by atoms with Crippen molar-refractivity contribution in [2.45, 2.75) is 147 Å². The zero-order chi connectivity index (χ0) is 56.2. The molecule has 1 unspecified atom stereocenters. The lowest BCUT2D eigenvalue weighted by molar-refractivity contribution is -0.139. The zero-order valence-corrected chi connectivity index (χ0v) is 46.5. The first-order chi connectivity index (χ1) is 36.6. The van der Waals surface area contributed by atoms with E-state index in [4.69, 9.17) is 19.9 Å². The van der Waals surface area contributed by atoms with Gasteiger partial charge in [-0.2, -0.15) is 11.8 Å². The number of epoxide rings is 1. The van der Waals surface area contributed by atoms with E-state index in [-0.39, 0.29) is 54.8 Å². The van der Waals surface area contributed by atoms with Crippen LogP contribution in [0.25, 0.3) is 10.9 Å². The number of allylic oxidation sites excluding steroid dienone is 2. The highest BCUT2D eigenvalue weighted by Gasteiger charge is 2.70. The second-order valence-corrected chi connectivity index (χ2v) is 22.9. The number of amides is 9. The van der Waals surface area contributed by atoms with Crippen molar-refractivity contribution >= 4 is 76.0 Å². The van der Waals surface area contributed by atoms with E-state index >= 15 is 0 Å². The number of hydrogen-bond acceptors (Lipinski definition) is 13. The smallest absolute Gasteiger partial charge is 0.407 e. The predicted molar refractivity (Wildman–Crippen MR) is 289 cm³/mol. The molecule has 4 fully saturated rings. The van der Waals surface area contributed by atoms with Crippen LogP contribution in [0.3, 0.4) is 0 Å². The Morgan fingerprint density at radius 2 is 1.61 bits per heavy atom. The number of alkyl carbamates (subject to hydrolysis) is 1. The normalized spacial score (nSPS) is 24.8. The Bertz CT molecular complexity index is 2510. The summed E-state index contributed by atoms with van der Waals surface area (Å²) in [6.07, 6.45) is 8.57. The number of fused-ring (bicyclic) bond motifs is 1. The molecule has 2 saturated carbocycles. The summed E-state index contributed by atoms with van der Waals surface area (Å²) in [6.45, 7) is 11.1. The van der Waals surface area contributed by atoms with Crippen LogP contribution in [0.4, 0.5) is 4.79 Å². The molecular weight excluding hydrogens is 1010 g/mol. The number of benzene rings is 1. The van der Waals surface area contributed by atoms with E-state index in [9.17, 15) is 43.2 Å². The monoisotopic (exact) mass is 1090 g/mol. The van der Waals surface area contributed by atoms with E-state index in [1.54, 1.807) is 13.3 Å². The number of aromatic nitrogens is 1. The molecule has 11 atom stereocenters. The summed E-state index contributed by atoms with van der Waals surface area (Å²) in [7, 11) is 1.63. The first kappa shape index (κ1) is 60.0. The van der Waals surface area contributed by atoms with E-state index in [0.717, 1.165) is 30.2 Å². The number of H-pyrrole nitrogens is 1. The lowest BCUT2D eigenvalue weighted by Crippen LogP contribution is -2.58. The van der Waals surface area contributed by atoms with Gasteiger partial charge in [-0.15, -0.1) is 0 Å². The number of carbonyl (C=O) groups is 9. The van der Waals surface area contributed by atoms with Gasteiger partial charge in [-0.1, -0.05) is 50.6 Å². The average molecular weight is 1090 g/mol. The van der Waals surface area contributed by atoms with Crippen molar-refractivity contribution in [3.63, 3.8) is 0 Å². The Balaban J connectivity index is 1.02. The SMILES string of the molecule is CO[C@@H]1[C@H](OC(=O)NCC(=O)N2CCCC2C(=O)N[C@@H](CC(C)C)C(=O)NCC(=O)N[C@@H](CCSC)C(=O)N[C@@H](Cc2c[nH]c3ccccc23)C(=O)N[C@@H](C)C(=O)NCC(N)=O)CC[C@]2(CO2)[C@H]1[C@@]1(C)C[C@@H]1CC=C(C)C. The highest BCUT2D eigenvalue weighted by atomic mass is 32.2. The maximum atomic E-state index is 14.0. The summed E-state index contributed by atoms with van der Waals surface area (Å²) in [5, 5.41) is 19.1. The number of para-hydroxylation sites is 1. The molecule has 2 aromatic rings. The minimum Gasteiger partial charge on any atom is -0.443 e. The van der Waals surface area contributed by atoms with Crippen LogP contribution < -0.4 is 43.0 Å². The molecule has 22 nitrogen and oxygen atoms in total. The molecule has 1 aromatic heterocycles. The van der Waals surface area contributed by atoms with Crippen LogP contribution in [0.15, 0.2) is 42.1 Å². The minimum atomic E-state index is -1.22. The van der Waals surface area contributed by atoms with Crippen molar-refractivity contribution in [1.29, 1.82) is 0 Å². The number of rotatable bonds is 27. The van der Waals surface area contributed by atoms with Gasteiger partial charge in [0.25, 0.3) is 0 Å². The lowest BCUT2D eigenvalue weighted by Gasteiger charge is -2.44. The van der Waals surface area contributed by atoms with Gasteiger partial charge in [0.15, 0.2) is 0 Å². The van der Waals surface area contributed by atoms with Crippen LogP contribution in [0.1, 0.15) is 98.5 Å². The highest BCUT2D eigenvalue weighted by Crippen LogP contribution is 2.68. The molecule has 77 heavy (non-hydrogen) atoms. The van der Waals surface area contributed by atoms with Crippen LogP contribution in [0, 0.1) is 23.2 Å². The maximum absolute atomic E-state index is 14.0. The van der Waals surface area contributed by atoms with Gasteiger partial charge in [0.1, 0.15) is 49.0 Å². The van der Waals surface area contributed by atoms with Crippen molar-refractivity contribution in [2.75, 3.05) is 51.9 Å². The minimum absolute atomic E-state index is 0.00307. The molecule has 1 spiro atoms. The van der Waals surface area contributed by atoms with E-state index in [1.165, 1.54) is 29.2 Å². The summed E-state index contributed by atoms with van der Waals surface area (Å²) in [4.78, 5) is 124. The van der Waals surface area contributed by atoms with Gasteiger partial charge in [-0.25, -0.2) is 4.79 Å². The topological polar surface area (TPSA) is 314 Å². The molecule has 4 aliphatic rings. The number of primary amides is 1. The van der Waals surface area contributed by atoms with Crippen molar-refractivity contribution in [3.05, 3.63) is 47.7 Å². The number of ether oxygens (including phenoxy) is 3. The fourth-order valence-corrected chi connectivity index (χ4v) is 11.6. The Hall–Kier alpha value is -6.20. The standard InChI is InChI=1S/C54H80N10O12S/c1-30(2)15-16-34-24-53(34,6)46-45(74-7)41(17-19-54(46)29-75-54)76-52(73)59-28-44(67)64-20-11-14-40(64)51(72)63-38(22-31(3)4)48(69)58-27-43(66)61-37(18-21-77-8)49(70)62-39(23-33-25-56-36-13-10-9-12-35(33)36)50(71)60-32(5)47(68)57-26-42(55)65/h9-10,12-13,15,25,31-32,34,37-41,45-46,56H,11,14,16-24,26-29H2,1-8H3,(H2,55,65)(H,57,68)(H,58,69)(H,59,73)(H,60,71)(H,61,66)(H,62,70)(H,63,72)/t32-,34-,37-,38-,39-,40?,41+,45+,46+,53-,54-/m0/s1. The van der Waals surface area contributed by atoms with Gasteiger partial charge >= 0.3 is 6.09 Å². The van der Waals surface area contributed by atoms with Crippen LogP contribution >= 0.6 is 11.8 Å². The predicted octanol–water partition coefficient (Wildman–Crippen LogP) is 1.85. The Morgan fingerprint density at radius 3 is 2.29 bits per heavy atom. The lowest BCUT2D eigenvalue weighted by atomic mass is 9.67. The van der Waals surface area contributed by atoms with Crippen molar-refractivity contribution < 1.29 is 57.4 Å². The van der Waals surface area contributed by atoms with E-state index in [1.807, 2.05) is 44.4 Å². The second kappa shape index (κ2) is 26.9. The van der Waals surface area contributed by atoms with Gasteiger partial charge in [-0.05, 0) is 113 Å². The Morgan fingerprint density at radius 1 is 0.896 bits per heavy atom. The largest absolute Gasteiger partial charge is 0.443 e. The van der Waals surface area contributed by atoms with Gasteiger partial charge in [0.2, 0.25) is 47.3 Å². The van der Waals surface area contributed by atoms with Gasteiger partial charge < -0.3 is 67.0 Å². The number of methoxy groups -OCH3 is 1. The molecule has 10 N–H and O–H groups in total. The van der Waals surface area contributed by atoms with Gasteiger partial charge in [0, 0.05) is 43.1 Å². The van der Waals surface area contributed by atoms with Crippen molar-refractivity contribution in [3.8, 4) is 0 Å². The molecule has 424 valence electrons. The Labute approximate surface area is 454 Å². The molecular formula is C54H80N10O12S. The summed E-state index contributed by atoms with van der Waals surface area (Å²) in [6, 6.07) is 1.90. The fraction of sp³-hybridized carbons (Fsp3) is 0.648. The third-order valence-electron chi connectivity index (χ3n) is 15.3. The van der Waals surface area contributed by atoms with E-state index < -0.39 is 109 Å². The van der Waals surface area contributed by atoms with Crippen molar-refractivity contribution in [2.24, 2.45) is 28.9 Å². The van der Waals surface area contributed by atoms with E-state index in [2.05, 4.69) is 69.0 Å². The molecule has 2 aliphatic heterocycles. The fourth-order valence-electron chi connectivity index (χ4n) is 11.1. The van der Waals surface area contributed by atoms with Crippen molar-refractivity contribution in [1.82, 2.24) is 47.1 Å². The number of nitrogens with zero attached hydrogens (tertiary/aromatic N) is 1. The number of aromatic amines is 1. The molecule has 6 rings (SSSR count). The third kappa shape index (κ3) is 16.0. The van der Waals surface area contributed by atoms with Gasteiger partial charge in [0.05, 0.1) is 25.3 Å². The molecule has 2 aliphatic carbocycles. The van der Waals surface area contributed by atoms with Crippen LogP contribution in [0.5, 0.6) is 0 Å². The maximum Gasteiger partial charge on any atom is 0.407 e. The molecule has 23 heteroatoms. The molecule has 2 saturated heterocycles. The summed E-state index contributed by atoms with van der Waals surface area (Å²) < 4.78 is 18.1. The molecule has 1 aromatic carbocycles. The van der Waals surface area contributed by atoms with Crippen LogP contribution in [0.2, 0.25) is 0 Å². The van der Waals surface area contributed by atoms with Crippen LogP contribution in [-0.4, -0.2) is 163 Å². The first-order valence-electron chi connectivity index (χ1n) is 26.7. The number of likely N-dealkylation sites (tertiary alicyclic amines) is 1. The van der Waals surface area contributed by atoms with E-state index in [0.29, 0.717) is 43.1 Å². The number of hydrogen-bond donors (Lipinski definition) is 9. The summed E-state index contributed by atoms with van der Waals surface area (Å²) >= 11 is 1.43. The molecule has 3 heterocycles. The average Bonchev–Trinajstić information content (AvgIpc) is 4.22. The quantitative estimate of drug-likeness (QED) is 0.0457. The highest BCUT2D eigenvalue weighted by molar-refractivity contribution is 7.98. The summed E-state index contributed by atoms with van der Waals surface area (Å²) in [5.41, 5.74) is 7.60. The Kier molecular flexibility index (Phi) is 21.0. The molecule has 0 radical (unpaired) electrons. The third-order valence-corrected chi connectivity index (χ3v) is 16.0. The van der Waals surface area contributed by atoms with Gasteiger partial charge in [-0.3, -0.25) is 38.4 Å². The number of thioether (sulfide) groups is 1.